The molecule has 1 aliphatic rings. The highest BCUT2D eigenvalue weighted by Gasteiger charge is 2.29. The number of likely N-dealkylation sites (tertiary alicyclic amines) is 1. The van der Waals surface area contributed by atoms with E-state index in [0.717, 1.165) is 25.3 Å². The molecule has 0 spiro atoms. The molecule has 100 valence electrons. The number of benzene rings is 1. The smallest absolute Gasteiger partial charge is 0.132 e. The van der Waals surface area contributed by atoms with Crippen LogP contribution in [-0.4, -0.2) is 38.4 Å². The van der Waals surface area contributed by atoms with Crippen LogP contribution in [0.25, 0.3) is 0 Å². The van der Waals surface area contributed by atoms with Crippen LogP contribution in [0.3, 0.4) is 0 Å². The number of ether oxygens (including phenoxy) is 1. The lowest BCUT2D eigenvalue weighted by Crippen LogP contribution is -2.20. The molecule has 4 heteroatoms. The molecule has 0 bridgehead atoms. The van der Waals surface area contributed by atoms with E-state index >= 15 is 0 Å². The van der Waals surface area contributed by atoms with Crippen molar-refractivity contribution in [3.05, 3.63) is 23.8 Å². The van der Waals surface area contributed by atoms with E-state index in [2.05, 4.69) is 36.4 Å². The average Bonchev–Trinajstić information content (AvgIpc) is 2.79. The van der Waals surface area contributed by atoms with Crippen molar-refractivity contribution in [1.29, 1.82) is 0 Å². The third-order valence-corrected chi connectivity index (χ3v) is 4.52. The highest BCUT2D eigenvalue weighted by atomic mass is 32.2. The van der Waals surface area contributed by atoms with Crippen molar-refractivity contribution in [2.45, 2.75) is 17.4 Å². The van der Waals surface area contributed by atoms with Gasteiger partial charge in [-0.15, -0.1) is 11.8 Å². The lowest BCUT2D eigenvalue weighted by molar-refractivity contribution is 0.313. The van der Waals surface area contributed by atoms with E-state index in [4.69, 9.17) is 10.5 Å². The first kappa shape index (κ1) is 13.7. The summed E-state index contributed by atoms with van der Waals surface area (Å²) in [4.78, 5) is 3.61. The number of rotatable bonds is 4. The number of nitrogens with zero attached hydrogens (tertiary/aromatic N) is 1. The standard InChI is InChI=1S/C14H22N2OS/c1-16-9-10(8-15)6-12(16)11-4-5-13(17-2)14(7-11)18-3/h4-5,7,10,12H,6,8-9,15H2,1-3H3. The lowest BCUT2D eigenvalue weighted by Gasteiger charge is -2.20. The molecule has 1 aromatic carbocycles. The Hall–Kier alpha value is -0.710. The van der Waals surface area contributed by atoms with E-state index in [1.54, 1.807) is 18.9 Å². The Labute approximate surface area is 114 Å². The molecule has 3 nitrogen and oxygen atoms in total. The van der Waals surface area contributed by atoms with Gasteiger partial charge in [-0.2, -0.15) is 0 Å². The summed E-state index contributed by atoms with van der Waals surface area (Å²) in [5.41, 5.74) is 7.16. The zero-order valence-electron chi connectivity index (χ0n) is 11.3. The van der Waals surface area contributed by atoms with Crippen LogP contribution >= 0.6 is 11.8 Å². The van der Waals surface area contributed by atoms with E-state index in [-0.39, 0.29) is 0 Å². The van der Waals surface area contributed by atoms with Gasteiger partial charge in [0, 0.05) is 17.5 Å². The van der Waals surface area contributed by atoms with Gasteiger partial charge in [0.2, 0.25) is 0 Å². The van der Waals surface area contributed by atoms with Gasteiger partial charge >= 0.3 is 0 Å². The third-order valence-electron chi connectivity index (χ3n) is 3.76. The minimum atomic E-state index is 0.496. The zero-order chi connectivity index (χ0) is 13.1. The molecule has 0 aliphatic carbocycles. The highest BCUT2D eigenvalue weighted by molar-refractivity contribution is 7.98. The van der Waals surface area contributed by atoms with Crippen molar-refractivity contribution in [3.63, 3.8) is 0 Å². The molecule has 1 aliphatic heterocycles. The Morgan fingerprint density at radius 2 is 2.28 bits per heavy atom. The summed E-state index contributed by atoms with van der Waals surface area (Å²) < 4.78 is 5.37. The van der Waals surface area contributed by atoms with Crippen molar-refractivity contribution >= 4 is 11.8 Å². The van der Waals surface area contributed by atoms with Gasteiger partial charge in [-0.3, -0.25) is 4.90 Å². The van der Waals surface area contributed by atoms with Crippen LogP contribution in [0.15, 0.2) is 23.1 Å². The minimum Gasteiger partial charge on any atom is -0.496 e. The quantitative estimate of drug-likeness (QED) is 0.849. The van der Waals surface area contributed by atoms with Crippen LogP contribution in [0.1, 0.15) is 18.0 Å². The molecule has 2 N–H and O–H groups in total. The van der Waals surface area contributed by atoms with Crippen LogP contribution < -0.4 is 10.5 Å². The molecule has 0 saturated carbocycles. The first-order valence-electron chi connectivity index (χ1n) is 6.31. The van der Waals surface area contributed by atoms with Gasteiger partial charge in [0.25, 0.3) is 0 Å². The average molecular weight is 266 g/mol. The molecule has 0 aromatic heterocycles. The zero-order valence-corrected chi connectivity index (χ0v) is 12.2. The molecule has 1 heterocycles. The summed E-state index contributed by atoms with van der Waals surface area (Å²) >= 11 is 1.73. The van der Waals surface area contributed by atoms with Crippen molar-refractivity contribution in [2.75, 3.05) is 33.5 Å². The van der Waals surface area contributed by atoms with Crippen molar-refractivity contribution in [3.8, 4) is 5.75 Å². The topological polar surface area (TPSA) is 38.5 Å². The van der Waals surface area contributed by atoms with Crippen molar-refractivity contribution in [1.82, 2.24) is 4.90 Å². The maximum Gasteiger partial charge on any atom is 0.132 e. The summed E-state index contributed by atoms with van der Waals surface area (Å²) in [7, 11) is 3.91. The SMILES string of the molecule is COc1ccc(C2CC(CN)CN2C)cc1SC. The largest absolute Gasteiger partial charge is 0.496 e. The third kappa shape index (κ3) is 2.66. The molecular formula is C14H22N2OS. The van der Waals surface area contributed by atoms with Crippen LogP contribution in [0, 0.1) is 5.92 Å². The van der Waals surface area contributed by atoms with Crippen LogP contribution in [0.5, 0.6) is 5.75 Å². The molecule has 2 atom stereocenters. The van der Waals surface area contributed by atoms with Gasteiger partial charge in [-0.25, -0.2) is 0 Å². The number of hydrogen-bond donors (Lipinski definition) is 1. The van der Waals surface area contributed by atoms with Gasteiger partial charge in [-0.1, -0.05) is 6.07 Å². The fourth-order valence-electron chi connectivity index (χ4n) is 2.73. The molecule has 2 rings (SSSR count). The first-order chi connectivity index (χ1) is 8.69. The van der Waals surface area contributed by atoms with Crippen LogP contribution in [0.4, 0.5) is 0 Å². The van der Waals surface area contributed by atoms with E-state index in [1.807, 2.05) is 0 Å². The summed E-state index contributed by atoms with van der Waals surface area (Å²) in [6.45, 7) is 1.88. The van der Waals surface area contributed by atoms with Crippen molar-refractivity contribution in [2.24, 2.45) is 11.7 Å². The maximum absolute atomic E-state index is 5.79. The molecule has 2 unspecified atom stereocenters. The minimum absolute atomic E-state index is 0.496. The monoisotopic (exact) mass is 266 g/mol. The van der Waals surface area contributed by atoms with Gasteiger partial charge in [0.15, 0.2) is 0 Å². The van der Waals surface area contributed by atoms with Gasteiger partial charge in [-0.05, 0) is 49.9 Å². The predicted molar refractivity (Wildman–Crippen MR) is 77.3 cm³/mol. The normalized spacial score (nSPS) is 24.4. The second-order valence-electron chi connectivity index (χ2n) is 4.91. The van der Waals surface area contributed by atoms with Crippen LogP contribution in [-0.2, 0) is 0 Å². The predicted octanol–water partition coefficient (Wildman–Crippen LogP) is 2.37. The molecule has 0 amide bonds. The molecule has 1 saturated heterocycles. The molecule has 18 heavy (non-hydrogen) atoms. The Morgan fingerprint density at radius 3 is 2.83 bits per heavy atom. The summed E-state index contributed by atoms with van der Waals surface area (Å²) in [5.74, 6) is 1.59. The van der Waals surface area contributed by atoms with E-state index < -0.39 is 0 Å². The number of methoxy groups -OCH3 is 1. The summed E-state index contributed by atoms with van der Waals surface area (Å²) in [5, 5.41) is 0. The molecular weight excluding hydrogens is 244 g/mol. The molecule has 1 fully saturated rings. The highest BCUT2D eigenvalue weighted by Crippen LogP contribution is 2.37. The number of nitrogens with two attached hydrogens (primary N) is 1. The number of thioether (sulfide) groups is 1. The Kier molecular flexibility index (Phi) is 4.54. The maximum atomic E-state index is 5.79. The number of hydrogen-bond acceptors (Lipinski definition) is 4. The van der Waals surface area contributed by atoms with Crippen LogP contribution in [0.2, 0.25) is 0 Å². The summed E-state index contributed by atoms with van der Waals surface area (Å²) in [6, 6.07) is 7.00. The van der Waals surface area contributed by atoms with Gasteiger partial charge in [0.05, 0.1) is 7.11 Å². The Bertz CT molecular complexity index is 411. The second kappa shape index (κ2) is 5.95. The fraction of sp³-hybridized carbons (Fsp3) is 0.571. The molecule has 1 aromatic rings. The van der Waals surface area contributed by atoms with E-state index in [9.17, 15) is 0 Å². The second-order valence-corrected chi connectivity index (χ2v) is 5.76. The Balaban J connectivity index is 2.23. The first-order valence-corrected chi connectivity index (χ1v) is 7.54. The van der Waals surface area contributed by atoms with Gasteiger partial charge < -0.3 is 10.5 Å². The Morgan fingerprint density at radius 1 is 1.50 bits per heavy atom. The molecule has 0 radical (unpaired) electrons. The van der Waals surface area contributed by atoms with Gasteiger partial charge in [0.1, 0.15) is 5.75 Å². The van der Waals surface area contributed by atoms with E-state index in [1.165, 1.54) is 10.5 Å². The lowest BCUT2D eigenvalue weighted by atomic mass is 10.00. The summed E-state index contributed by atoms with van der Waals surface area (Å²) in [6.07, 6.45) is 3.25. The van der Waals surface area contributed by atoms with E-state index in [0.29, 0.717) is 12.0 Å². The fourth-order valence-corrected chi connectivity index (χ4v) is 3.33. The van der Waals surface area contributed by atoms with Crippen molar-refractivity contribution < 1.29 is 4.74 Å².